The lowest BCUT2D eigenvalue weighted by molar-refractivity contribution is 0.00551. The third kappa shape index (κ3) is 3.50. The van der Waals surface area contributed by atoms with Gasteiger partial charge in [-0.1, -0.05) is 17.7 Å². The summed E-state index contributed by atoms with van der Waals surface area (Å²) in [5.41, 5.74) is 0.458. The van der Waals surface area contributed by atoms with Crippen molar-refractivity contribution in [2.75, 3.05) is 6.61 Å². The number of hydrogen-bond donors (Lipinski definition) is 0. The largest absolute Gasteiger partial charge is 0.488 e. The lowest BCUT2D eigenvalue weighted by atomic mass is 10.2. The molecule has 0 amide bonds. The van der Waals surface area contributed by atoms with E-state index in [4.69, 9.17) is 26.3 Å². The molecule has 0 N–H and O–H groups in total. The highest BCUT2D eigenvalue weighted by Gasteiger charge is 2.29. The van der Waals surface area contributed by atoms with Crippen molar-refractivity contribution in [2.45, 2.75) is 31.5 Å². The molecule has 2 rings (SSSR count). The predicted octanol–water partition coefficient (Wildman–Crippen LogP) is 3.71. The first-order valence-corrected chi connectivity index (χ1v) is 6.71. The summed E-state index contributed by atoms with van der Waals surface area (Å²) in [5, 5.41) is 9.25. The molecule has 1 aliphatic carbocycles. The van der Waals surface area contributed by atoms with Crippen LogP contribution in [-0.4, -0.2) is 18.8 Å². The van der Waals surface area contributed by atoms with Gasteiger partial charge in [-0.2, -0.15) is 5.26 Å². The first kappa shape index (κ1) is 13.9. The second kappa shape index (κ2) is 6.60. The van der Waals surface area contributed by atoms with Crippen LogP contribution in [0.3, 0.4) is 0 Å². The summed E-state index contributed by atoms with van der Waals surface area (Å²) in [6, 6.07) is 7.16. The Labute approximate surface area is 118 Å². The Morgan fingerprint density at radius 3 is 2.89 bits per heavy atom. The van der Waals surface area contributed by atoms with Gasteiger partial charge in [0.1, 0.15) is 17.9 Å². The fourth-order valence-corrected chi connectivity index (χ4v) is 2.46. The third-order valence-corrected chi connectivity index (χ3v) is 3.48. The molecule has 1 aromatic carbocycles. The molecule has 1 unspecified atom stereocenters. The van der Waals surface area contributed by atoms with Crippen LogP contribution in [0.15, 0.2) is 30.9 Å². The molecule has 3 nitrogen and oxygen atoms in total. The Hall–Kier alpha value is -1.50. The third-order valence-electron chi connectivity index (χ3n) is 3.17. The molecule has 0 heterocycles. The average molecular weight is 278 g/mol. The van der Waals surface area contributed by atoms with Gasteiger partial charge in [0, 0.05) is 6.07 Å². The molecular formula is C15H16ClNO2. The van der Waals surface area contributed by atoms with E-state index in [9.17, 15) is 0 Å². The lowest BCUT2D eigenvalue weighted by Crippen LogP contribution is -2.28. The Morgan fingerprint density at radius 1 is 1.42 bits per heavy atom. The number of ether oxygens (including phenoxy) is 2. The number of hydrogen-bond acceptors (Lipinski definition) is 3. The predicted molar refractivity (Wildman–Crippen MR) is 74.4 cm³/mol. The van der Waals surface area contributed by atoms with Crippen molar-refractivity contribution in [3.8, 4) is 11.8 Å². The average Bonchev–Trinajstić information content (AvgIpc) is 2.84. The number of benzene rings is 1. The Kier molecular flexibility index (Phi) is 4.84. The van der Waals surface area contributed by atoms with E-state index in [0.717, 1.165) is 19.3 Å². The molecule has 1 aromatic rings. The van der Waals surface area contributed by atoms with Crippen molar-refractivity contribution in [3.05, 3.63) is 41.4 Å². The van der Waals surface area contributed by atoms with Gasteiger partial charge in [-0.15, -0.1) is 6.58 Å². The fourth-order valence-electron chi connectivity index (χ4n) is 2.24. The molecule has 1 fully saturated rings. The maximum absolute atomic E-state index is 8.83. The van der Waals surface area contributed by atoms with Gasteiger partial charge < -0.3 is 9.47 Å². The van der Waals surface area contributed by atoms with Gasteiger partial charge in [0.15, 0.2) is 0 Å². The molecule has 4 heteroatoms. The van der Waals surface area contributed by atoms with Crippen LogP contribution >= 0.6 is 11.6 Å². The fraction of sp³-hybridized carbons (Fsp3) is 0.400. The van der Waals surface area contributed by atoms with Crippen LogP contribution in [-0.2, 0) is 4.74 Å². The maximum Gasteiger partial charge on any atom is 0.125 e. The zero-order valence-electron chi connectivity index (χ0n) is 10.6. The minimum atomic E-state index is 0.0453. The Morgan fingerprint density at radius 2 is 2.21 bits per heavy atom. The smallest absolute Gasteiger partial charge is 0.125 e. The van der Waals surface area contributed by atoms with Crippen molar-refractivity contribution < 1.29 is 9.47 Å². The van der Waals surface area contributed by atoms with Gasteiger partial charge in [0.25, 0.3) is 0 Å². The standard InChI is InChI=1S/C15H16ClNO2/c1-2-8-18-14-4-3-5-15(14)19-12-7-6-11(10-17)13(16)9-12/h2,6-7,9,14-15H,1,3-5,8H2/t14?,15-/m0/s1. The van der Waals surface area contributed by atoms with Crippen molar-refractivity contribution in [2.24, 2.45) is 0 Å². The van der Waals surface area contributed by atoms with Crippen LogP contribution in [0.25, 0.3) is 0 Å². The molecule has 100 valence electrons. The highest BCUT2D eigenvalue weighted by molar-refractivity contribution is 6.31. The Balaban J connectivity index is 2.02. The van der Waals surface area contributed by atoms with E-state index in [-0.39, 0.29) is 12.2 Å². The zero-order chi connectivity index (χ0) is 13.7. The van der Waals surface area contributed by atoms with E-state index in [1.54, 1.807) is 24.3 Å². The van der Waals surface area contributed by atoms with Crippen LogP contribution < -0.4 is 4.74 Å². The van der Waals surface area contributed by atoms with E-state index >= 15 is 0 Å². The molecular weight excluding hydrogens is 262 g/mol. The molecule has 0 radical (unpaired) electrons. The minimum Gasteiger partial charge on any atom is -0.488 e. The van der Waals surface area contributed by atoms with Gasteiger partial charge in [0.05, 0.1) is 23.3 Å². The molecule has 19 heavy (non-hydrogen) atoms. The molecule has 0 aromatic heterocycles. The number of rotatable bonds is 5. The van der Waals surface area contributed by atoms with Gasteiger partial charge in [-0.05, 0) is 31.4 Å². The SMILES string of the molecule is C=CCOC1CCC[C@@H]1Oc1ccc(C#N)c(Cl)c1. The van der Waals surface area contributed by atoms with Crippen LogP contribution in [0, 0.1) is 11.3 Å². The first-order valence-electron chi connectivity index (χ1n) is 6.33. The van der Waals surface area contributed by atoms with Crippen LogP contribution in [0.5, 0.6) is 5.75 Å². The summed E-state index contributed by atoms with van der Waals surface area (Å²) >= 11 is 5.99. The molecule has 0 aliphatic heterocycles. The molecule has 0 saturated heterocycles. The summed E-state index contributed by atoms with van der Waals surface area (Å²) in [6.07, 6.45) is 4.96. The quantitative estimate of drug-likeness (QED) is 0.771. The Bertz CT molecular complexity index is 495. The summed E-state index contributed by atoms with van der Waals surface area (Å²) in [4.78, 5) is 0. The summed E-state index contributed by atoms with van der Waals surface area (Å²) in [5.74, 6) is 0.683. The molecule has 0 spiro atoms. The number of halogens is 1. The van der Waals surface area contributed by atoms with E-state index in [0.29, 0.717) is 22.9 Å². The van der Waals surface area contributed by atoms with Crippen molar-refractivity contribution in [1.82, 2.24) is 0 Å². The number of nitrogens with zero attached hydrogens (tertiary/aromatic N) is 1. The van der Waals surface area contributed by atoms with E-state index in [2.05, 4.69) is 6.58 Å². The van der Waals surface area contributed by atoms with Crippen LogP contribution in [0.4, 0.5) is 0 Å². The second-order valence-electron chi connectivity index (χ2n) is 4.50. The molecule has 1 aliphatic rings. The van der Waals surface area contributed by atoms with Crippen molar-refractivity contribution >= 4 is 11.6 Å². The first-order chi connectivity index (χ1) is 9.24. The summed E-state index contributed by atoms with van der Waals surface area (Å²) in [6.45, 7) is 4.19. The van der Waals surface area contributed by atoms with Crippen molar-refractivity contribution in [1.29, 1.82) is 5.26 Å². The van der Waals surface area contributed by atoms with Crippen LogP contribution in [0.2, 0.25) is 5.02 Å². The van der Waals surface area contributed by atoms with Gasteiger partial charge >= 0.3 is 0 Å². The monoisotopic (exact) mass is 277 g/mol. The number of nitriles is 1. The summed E-state index contributed by atoms with van der Waals surface area (Å²) in [7, 11) is 0. The van der Waals surface area contributed by atoms with E-state index in [1.165, 1.54) is 0 Å². The lowest BCUT2D eigenvalue weighted by Gasteiger charge is -2.21. The van der Waals surface area contributed by atoms with E-state index < -0.39 is 0 Å². The highest BCUT2D eigenvalue weighted by Crippen LogP contribution is 2.29. The highest BCUT2D eigenvalue weighted by atomic mass is 35.5. The normalized spacial score (nSPS) is 21.9. The van der Waals surface area contributed by atoms with Gasteiger partial charge in [-0.25, -0.2) is 0 Å². The van der Waals surface area contributed by atoms with Crippen LogP contribution in [0.1, 0.15) is 24.8 Å². The van der Waals surface area contributed by atoms with E-state index in [1.807, 2.05) is 6.07 Å². The molecule has 0 bridgehead atoms. The zero-order valence-corrected chi connectivity index (χ0v) is 11.4. The topological polar surface area (TPSA) is 42.2 Å². The molecule has 1 saturated carbocycles. The van der Waals surface area contributed by atoms with Gasteiger partial charge in [0.2, 0.25) is 0 Å². The summed E-state index contributed by atoms with van der Waals surface area (Å²) < 4.78 is 11.6. The van der Waals surface area contributed by atoms with Gasteiger partial charge in [-0.3, -0.25) is 0 Å². The maximum atomic E-state index is 8.83. The molecule has 2 atom stereocenters. The minimum absolute atomic E-state index is 0.0453. The second-order valence-corrected chi connectivity index (χ2v) is 4.91. The van der Waals surface area contributed by atoms with Crippen molar-refractivity contribution in [3.63, 3.8) is 0 Å².